The molecule has 1 atom stereocenters. The first kappa shape index (κ1) is 17.2. The van der Waals surface area contributed by atoms with Crippen molar-refractivity contribution in [1.82, 2.24) is 9.55 Å². The number of fused-ring (bicyclic) bond motifs is 4. The lowest BCUT2D eigenvalue weighted by molar-refractivity contribution is -0.124. The van der Waals surface area contributed by atoms with Gasteiger partial charge in [0.25, 0.3) is 5.91 Å². The fraction of sp³-hybridized carbons (Fsp3) is 0.208. The lowest BCUT2D eigenvalue weighted by Gasteiger charge is -2.15. The molecule has 3 aromatic carbocycles. The largest absolute Gasteiger partial charge is 0.325 e. The SMILES string of the molecule is O=C(CC1C(=O)N(C2CC2)c2nc3ccccc3n21)Nc1cccc2ccccc12. The van der Waals surface area contributed by atoms with Crippen molar-refractivity contribution in [3.63, 3.8) is 0 Å². The van der Waals surface area contributed by atoms with Gasteiger partial charge in [-0.15, -0.1) is 0 Å². The van der Waals surface area contributed by atoms with E-state index in [-0.39, 0.29) is 24.3 Å². The lowest BCUT2D eigenvalue weighted by atomic mass is 10.1. The van der Waals surface area contributed by atoms with Gasteiger partial charge in [-0.05, 0) is 36.4 Å². The van der Waals surface area contributed by atoms with Crippen molar-refractivity contribution in [2.24, 2.45) is 0 Å². The maximum Gasteiger partial charge on any atom is 0.253 e. The minimum absolute atomic E-state index is 0.0289. The molecule has 2 aliphatic rings. The Balaban J connectivity index is 1.34. The predicted octanol–water partition coefficient (Wildman–Crippen LogP) is 4.27. The van der Waals surface area contributed by atoms with Gasteiger partial charge in [0.15, 0.2) is 0 Å². The van der Waals surface area contributed by atoms with Crippen LogP contribution in [-0.4, -0.2) is 27.4 Å². The Morgan fingerprint density at radius 1 is 1.00 bits per heavy atom. The van der Waals surface area contributed by atoms with E-state index in [1.807, 2.05) is 71.3 Å². The minimum atomic E-state index is -0.567. The van der Waals surface area contributed by atoms with E-state index in [0.717, 1.165) is 40.3 Å². The molecule has 6 rings (SSSR count). The summed E-state index contributed by atoms with van der Waals surface area (Å²) in [6.45, 7) is 0. The predicted molar refractivity (Wildman–Crippen MR) is 116 cm³/mol. The van der Waals surface area contributed by atoms with E-state index in [0.29, 0.717) is 5.95 Å². The number of imidazole rings is 1. The van der Waals surface area contributed by atoms with Crippen LogP contribution in [0.1, 0.15) is 25.3 Å². The number of nitrogens with one attached hydrogen (secondary N) is 1. The summed E-state index contributed by atoms with van der Waals surface area (Å²) in [5, 5.41) is 5.07. The number of hydrogen-bond donors (Lipinski definition) is 1. The second-order valence-corrected chi connectivity index (χ2v) is 8.00. The molecule has 1 fully saturated rings. The fourth-order valence-corrected chi connectivity index (χ4v) is 4.44. The van der Waals surface area contributed by atoms with Crippen molar-refractivity contribution in [3.05, 3.63) is 66.7 Å². The van der Waals surface area contributed by atoms with Gasteiger partial charge in [-0.3, -0.25) is 19.1 Å². The zero-order valence-electron chi connectivity index (χ0n) is 16.3. The zero-order valence-corrected chi connectivity index (χ0v) is 16.3. The number of aromatic nitrogens is 2. The zero-order chi connectivity index (χ0) is 20.2. The Labute approximate surface area is 173 Å². The van der Waals surface area contributed by atoms with Crippen molar-refractivity contribution < 1.29 is 9.59 Å². The Bertz CT molecular complexity index is 1320. The molecule has 1 aliphatic carbocycles. The molecular weight excluding hydrogens is 376 g/mol. The third-order valence-electron chi connectivity index (χ3n) is 5.98. The summed E-state index contributed by atoms with van der Waals surface area (Å²) in [6, 6.07) is 21.2. The number of amides is 2. The normalized spacial score (nSPS) is 18.2. The van der Waals surface area contributed by atoms with Crippen LogP contribution in [0.2, 0.25) is 0 Å². The summed E-state index contributed by atoms with van der Waals surface area (Å²) < 4.78 is 1.94. The van der Waals surface area contributed by atoms with Gasteiger partial charge in [-0.25, -0.2) is 4.98 Å². The van der Waals surface area contributed by atoms with E-state index < -0.39 is 6.04 Å². The third kappa shape index (κ3) is 2.60. The third-order valence-corrected chi connectivity index (χ3v) is 5.98. The molecule has 6 heteroatoms. The summed E-state index contributed by atoms with van der Waals surface area (Å²) >= 11 is 0. The average Bonchev–Trinajstić information content (AvgIpc) is 3.47. The molecule has 0 saturated heterocycles. The summed E-state index contributed by atoms with van der Waals surface area (Å²) in [5.74, 6) is 0.469. The van der Waals surface area contributed by atoms with Gasteiger partial charge in [0.1, 0.15) is 6.04 Å². The molecular formula is C24H20N4O2. The molecule has 0 spiro atoms. The van der Waals surface area contributed by atoms with Crippen molar-refractivity contribution in [1.29, 1.82) is 0 Å². The molecule has 0 radical (unpaired) electrons. The number of benzene rings is 3. The van der Waals surface area contributed by atoms with E-state index in [2.05, 4.69) is 5.32 Å². The van der Waals surface area contributed by atoms with Crippen LogP contribution in [0.15, 0.2) is 66.7 Å². The van der Waals surface area contributed by atoms with Crippen LogP contribution in [-0.2, 0) is 9.59 Å². The average molecular weight is 396 g/mol. The van der Waals surface area contributed by atoms with Gasteiger partial charge >= 0.3 is 0 Å². The van der Waals surface area contributed by atoms with Crippen molar-refractivity contribution in [3.8, 4) is 0 Å². The van der Waals surface area contributed by atoms with Crippen LogP contribution < -0.4 is 10.2 Å². The standard InChI is InChI=1S/C24H20N4O2/c29-22(25-18-10-5-7-15-6-1-2-8-17(15)18)14-21-23(30)27(16-12-13-16)24-26-19-9-3-4-11-20(19)28(21)24/h1-11,16,21H,12-14H2,(H,25,29). The molecule has 1 saturated carbocycles. The van der Waals surface area contributed by atoms with Crippen LogP contribution in [0.3, 0.4) is 0 Å². The van der Waals surface area contributed by atoms with Crippen LogP contribution in [0.25, 0.3) is 21.8 Å². The summed E-state index contributed by atoms with van der Waals surface area (Å²) in [6.07, 6.45) is 2.06. The maximum absolute atomic E-state index is 13.2. The van der Waals surface area contributed by atoms with Crippen LogP contribution in [0.4, 0.5) is 11.6 Å². The van der Waals surface area contributed by atoms with Gasteiger partial charge in [-0.1, -0.05) is 48.5 Å². The number of carbonyl (C=O) groups is 2. The summed E-state index contributed by atoms with van der Waals surface area (Å²) in [4.78, 5) is 32.7. The summed E-state index contributed by atoms with van der Waals surface area (Å²) in [7, 11) is 0. The van der Waals surface area contributed by atoms with E-state index >= 15 is 0 Å². The first-order valence-corrected chi connectivity index (χ1v) is 10.3. The molecule has 30 heavy (non-hydrogen) atoms. The van der Waals surface area contributed by atoms with E-state index in [9.17, 15) is 9.59 Å². The molecule has 2 heterocycles. The molecule has 0 bridgehead atoms. The van der Waals surface area contributed by atoms with Gasteiger partial charge in [0.2, 0.25) is 11.9 Å². The van der Waals surface area contributed by atoms with Crippen molar-refractivity contribution in [2.45, 2.75) is 31.3 Å². The quantitative estimate of drug-likeness (QED) is 0.560. The van der Waals surface area contributed by atoms with Gasteiger partial charge in [-0.2, -0.15) is 0 Å². The Morgan fingerprint density at radius 3 is 2.63 bits per heavy atom. The van der Waals surface area contributed by atoms with Crippen LogP contribution in [0.5, 0.6) is 0 Å². The monoisotopic (exact) mass is 396 g/mol. The number of para-hydroxylation sites is 2. The van der Waals surface area contributed by atoms with Gasteiger partial charge < -0.3 is 5.32 Å². The lowest BCUT2D eigenvalue weighted by Crippen LogP contribution is -2.33. The molecule has 148 valence electrons. The molecule has 2 amide bonds. The van der Waals surface area contributed by atoms with Crippen molar-refractivity contribution >= 4 is 45.3 Å². The molecule has 1 unspecified atom stereocenters. The Kier molecular flexibility index (Phi) is 3.68. The highest BCUT2D eigenvalue weighted by Gasteiger charge is 2.47. The highest BCUT2D eigenvalue weighted by Crippen LogP contribution is 2.42. The number of rotatable bonds is 4. The number of nitrogens with zero attached hydrogens (tertiary/aromatic N) is 3. The Morgan fingerprint density at radius 2 is 1.77 bits per heavy atom. The second-order valence-electron chi connectivity index (χ2n) is 8.00. The maximum atomic E-state index is 13.2. The molecule has 1 aliphatic heterocycles. The topological polar surface area (TPSA) is 67.2 Å². The number of anilines is 2. The molecule has 6 nitrogen and oxygen atoms in total. The summed E-state index contributed by atoms with van der Waals surface area (Å²) in [5.41, 5.74) is 2.51. The van der Waals surface area contributed by atoms with E-state index in [4.69, 9.17) is 4.98 Å². The highest BCUT2D eigenvalue weighted by atomic mass is 16.2. The second kappa shape index (κ2) is 6.42. The first-order valence-electron chi connectivity index (χ1n) is 10.3. The van der Waals surface area contributed by atoms with Gasteiger partial charge in [0.05, 0.1) is 17.5 Å². The molecule has 1 aromatic heterocycles. The molecule has 1 N–H and O–H groups in total. The highest BCUT2D eigenvalue weighted by molar-refractivity contribution is 6.07. The number of hydrogen-bond acceptors (Lipinski definition) is 3. The van der Waals surface area contributed by atoms with Crippen molar-refractivity contribution in [2.75, 3.05) is 10.2 Å². The van der Waals surface area contributed by atoms with Gasteiger partial charge in [0, 0.05) is 17.1 Å². The minimum Gasteiger partial charge on any atom is -0.325 e. The fourth-order valence-electron chi connectivity index (χ4n) is 4.44. The van der Waals surface area contributed by atoms with Crippen LogP contribution in [0, 0.1) is 0 Å². The smallest absolute Gasteiger partial charge is 0.253 e. The Hall–Kier alpha value is -3.67. The van der Waals surface area contributed by atoms with Crippen LogP contribution >= 0.6 is 0 Å². The molecule has 4 aromatic rings. The first-order chi connectivity index (χ1) is 14.7. The van der Waals surface area contributed by atoms with E-state index in [1.165, 1.54) is 0 Å². The van der Waals surface area contributed by atoms with E-state index in [1.54, 1.807) is 4.90 Å². The number of carbonyl (C=O) groups excluding carboxylic acids is 2.